The Hall–Kier alpha value is -1.32. The summed E-state index contributed by atoms with van der Waals surface area (Å²) in [4.78, 5) is 5.84. The number of nitrogens with zero attached hydrogens (tertiary/aromatic N) is 1. The van der Waals surface area contributed by atoms with Crippen LogP contribution in [0, 0.1) is 13.8 Å². The number of H-pyrrole nitrogens is 1. The summed E-state index contributed by atoms with van der Waals surface area (Å²) in [5.41, 5.74) is 5.41. The molecule has 3 nitrogen and oxygen atoms in total. The number of fused-ring (bicyclic) bond motifs is 1. The van der Waals surface area contributed by atoms with Crippen LogP contribution >= 0.6 is 0 Å². The number of hydrogen-bond acceptors (Lipinski definition) is 2. The van der Waals surface area contributed by atoms with Crippen LogP contribution in [0.1, 0.15) is 22.7 Å². The highest BCUT2D eigenvalue weighted by Crippen LogP contribution is 2.28. The van der Waals surface area contributed by atoms with E-state index in [4.69, 9.17) is 0 Å². The number of likely N-dealkylation sites (N-methyl/N-ethyl adjacent to an activating group) is 1. The van der Waals surface area contributed by atoms with E-state index in [1.54, 1.807) is 0 Å². The third kappa shape index (κ3) is 1.84. The molecule has 2 N–H and O–H groups in total. The predicted octanol–water partition coefficient (Wildman–Crippen LogP) is 2.36. The number of benzene rings is 1. The van der Waals surface area contributed by atoms with Gasteiger partial charge in [0.25, 0.3) is 0 Å². The van der Waals surface area contributed by atoms with Gasteiger partial charge in [-0.05, 0) is 37.6 Å². The van der Waals surface area contributed by atoms with Crippen molar-refractivity contribution in [3.63, 3.8) is 0 Å². The Labute approximate surface area is 108 Å². The van der Waals surface area contributed by atoms with Gasteiger partial charge in [-0.1, -0.05) is 12.1 Å². The molecule has 1 fully saturated rings. The predicted molar refractivity (Wildman–Crippen MR) is 76.0 cm³/mol. The van der Waals surface area contributed by atoms with Gasteiger partial charge in [-0.15, -0.1) is 0 Å². The number of nitrogens with one attached hydrogen (secondary N) is 2. The van der Waals surface area contributed by atoms with Gasteiger partial charge in [-0.3, -0.25) is 0 Å². The van der Waals surface area contributed by atoms with Gasteiger partial charge >= 0.3 is 0 Å². The molecule has 3 heteroatoms. The minimum atomic E-state index is 0.444. The van der Waals surface area contributed by atoms with Crippen molar-refractivity contribution in [2.75, 3.05) is 26.7 Å². The molecule has 1 aromatic heterocycles. The summed E-state index contributed by atoms with van der Waals surface area (Å²) in [6.45, 7) is 7.65. The Morgan fingerprint density at radius 1 is 1.28 bits per heavy atom. The van der Waals surface area contributed by atoms with Crippen LogP contribution in [0.4, 0.5) is 0 Å². The molecular formula is C15H21N3. The molecule has 1 atom stereocenters. The fourth-order valence-corrected chi connectivity index (χ4v) is 2.86. The van der Waals surface area contributed by atoms with E-state index in [-0.39, 0.29) is 0 Å². The van der Waals surface area contributed by atoms with Crippen LogP contribution in [-0.4, -0.2) is 36.6 Å². The van der Waals surface area contributed by atoms with E-state index in [1.807, 2.05) is 0 Å². The standard InChI is InChI=1S/C15H21N3/c1-10-4-5-12-13(8-17-15(12)11(10)2)14-9-18(3)7-6-16-14/h4-5,8,14,16-17H,6-7,9H2,1-3H3. The third-order valence-electron chi connectivity index (χ3n) is 4.17. The van der Waals surface area contributed by atoms with Crippen LogP contribution in [0.15, 0.2) is 18.3 Å². The molecule has 2 heterocycles. The molecule has 1 unspecified atom stereocenters. The first-order valence-corrected chi connectivity index (χ1v) is 6.66. The highest BCUT2D eigenvalue weighted by atomic mass is 15.2. The van der Waals surface area contributed by atoms with Gasteiger partial charge in [0.05, 0.1) is 0 Å². The lowest BCUT2D eigenvalue weighted by molar-refractivity contribution is 0.241. The van der Waals surface area contributed by atoms with Crippen molar-refractivity contribution in [3.05, 3.63) is 35.0 Å². The van der Waals surface area contributed by atoms with E-state index in [0.29, 0.717) is 6.04 Å². The molecule has 0 radical (unpaired) electrons. The molecule has 2 aromatic rings. The summed E-state index contributed by atoms with van der Waals surface area (Å²) >= 11 is 0. The van der Waals surface area contributed by atoms with Crippen molar-refractivity contribution in [1.82, 2.24) is 15.2 Å². The Morgan fingerprint density at radius 3 is 2.89 bits per heavy atom. The highest BCUT2D eigenvalue weighted by Gasteiger charge is 2.21. The zero-order chi connectivity index (χ0) is 12.7. The molecule has 0 amide bonds. The van der Waals surface area contributed by atoms with Crippen molar-refractivity contribution in [2.45, 2.75) is 19.9 Å². The maximum Gasteiger partial charge on any atom is 0.0489 e. The first kappa shape index (κ1) is 11.8. The molecule has 96 valence electrons. The lowest BCUT2D eigenvalue weighted by Crippen LogP contribution is -2.43. The van der Waals surface area contributed by atoms with Crippen LogP contribution in [0.25, 0.3) is 10.9 Å². The average Bonchev–Trinajstić information content (AvgIpc) is 2.78. The van der Waals surface area contributed by atoms with Crippen LogP contribution in [0.2, 0.25) is 0 Å². The molecule has 3 rings (SSSR count). The first-order chi connectivity index (χ1) is 8.66. The van der Waals surface area contributed by atoms with E-state index in [0.717, 1.165) is 19.6 Å². The van der Waals surface area contributed by atoms with Gasteiger partial charge in [0.2, 0.25) is 0 Å². The summed E-state index contributed by atoms with van der Waals surface area (Å²) in [6.07, 6.45) is 2.17. The summed E-state index contributed by atoms with van der Waals surface area (Å²) in [5.74, 6) is 0. The topological polar surface area (TPSA) is 31.1 Å². The second-order valence-corrected chi connectivity index (χ2v) is 5.44. The molecule has 0 spiro atoms. The Bertz CT molecular complexity index is 570. The zero-order valence-corrected chi connectivity index (χ0v) is 11.4. The van der Waals surface area contributed by atoms with Crippen molar-refractivity contribution < 1.29 is 0 Å². The summed E-state index contributed by atoms with van der Waals surface area (Å²) < 4.78 is 0. The number of hydrogen-bond donors (Lipinski definition) is 2. The monoisotopic (exact) mass is 243 g/mol. The van der Waals surface area contributed by atoms with Crippen LogP contribution < -0.4 is 5.32 Å². The molecule has 0 aliphatic carbocycles. The van der Waals surface area contributed by atoms with Gasteiger partial charge in [-0.25, -0.2) is 0 Å². The van der Waals surface area contributed by atoms with Crippen LogP contribution in [-0.2, 0) is 0 Å². The second kappa shape index (κ2) is 4.41. The summed E-state index contributed by atoms with van der Waals surface area (Å²) in [7, 11) is 2.19. The first-order valence-electron chi connectivity index (χ1n) is 6.66. The zero-order valence-electron chi connectivity index (χ0n) is 11.4. The smallest absolute Gasteiger partial charge is 0.0489 e. The van der Waals surface area contributed by atoms with Crippen LogP contribution in [0.3, 0.4) is 0 Å². The maximum absolute atomic E-state index is 3.62. The molecule has 0 bridgehead atoms. The summed E-state index contributed by atoms with van der Waals surface area (Å²) in [5, 5.41) is 4.98. The fraction of sp³-hybridized carbons (Fsp3) is 0.467. The number of aryl methyl sites for hydroxylation is 2. The van der Waals surface area contributed by atoms with Crippen molar-refractivity contribution in [1.29, 1.82) is 0 Å². The van der Waals surface area contributed by atoms with Gasteiger partial charge in [0, 0.05) is 42.8 Å². The quantitative estimate of drug-likeness (QED) is 0.805. The van der Waals surface area contributed by atoms with E-state index >= 15 is 0 Å². The lowest BCUT2D eigenvalue weighted by atomic mass is 10.0. The molecule has 1 saturated heterocycles. The minimum Gasteiger partial charge on any atom is -0.361 e. The SMILES string of the molecule is Cc1ccc2c(C3CN(C)CCN3)c[nH]c2c1C. The van der Waals surface area contributed by atoms with Crippen LogP contribution in [0.5, 0.6) is 0 Å². The maximum atomic E-state index is 3.62. The largest absolute Gasteiger partial charge is 0.361 e. The Morgan fingerprint density at radius 2 is 2.11 bits per heavy atom. The number of piperazine rings is 1. The normalized spacial score (nSPS) is 21.6. The molecule has 1 aliphatic rings. The molecule has 0 saturated carbocycles. The van der Waals surface area contributed by atoms with E-state index < -0.39 is 0 Å². The van der Waals surface area contributed by atoms with Gasteiger partial charge in [0.15, 0.2) is 0 Å². The van der Waals surface area contributed by atoms with E-state index in [1.165, 1.54) is 27.6 Å². The third-order valence-corrected chi connectivity index (χ3v) is 4.17. The fourth-order valence-electron chi connectivity index (χ4n) is 2.86. The van der Waals surface area contributed by atoms with Crippen molar-refractivity contribution in [2.24, 2.45) is 0 Å². The van der Waals surface area contributed by atoms with Gasteiger partial charge in [-0.2, -0.15) is 0 Å². The second-order valence-electron chi connectivity index (χ2n) is 5.44. The van der Waals surface area contributed by atoms with Gasteiger partial charge < -0.3 is 15.2 Å². The van der Waals surface area contributed by atoms with Crippen molar-refractivity contribution >= 4 is 10.9 Å². The molecular weight excluding hydrogens is 222 g/mol. The van der Waals surface area contributed by atoms with Crippen molar-refractivity contribution in [3.8, 4) is 0 Å². The number of aromatic amines is 1. The Balaban J connectivity index is 2.05. The highest BCUT2D eigenvalue weighted by molar-refractivity contribution is 5.87. The minimum absolute atomic E-state index is 0.444. The molecule has 1 aliphatic heterocycles. The lowest BCUT2D eigenvalue weighted by Gasteiger charge is -2.30. The molecule has 18 heavy (non-hydrogen) atoms. The van der Waals surface area contributed by atoms with E-state index in [2.05, 4.69) is 54.4 Å². The number of aromatic nitrogens is 1. The van der Waals surface area contributed by atoms with E-state index in [9.17, 15) is 0 Å². The average molecular weight is 243 g/mol. The summed E-state index contributed by atoms with van der Waals surface area (Å²) in [6, 6.07) is 4.92. The molecule has 1 aromatic carbocycles. The van der Waals surface area contributed by atoms with Gasteiger partial charge in [0.1, 0.15) is 0 Å². The number of rotatable bonds is 1. The Kier molecular flexibility index (Phi) is 2.88.